The largest absolute Gasteiger partial charge is 0.422 e. The molecule has 0 radical (unpaired) electrons. The van der Waals surface area contributed by atoms with E-state index in [1.807, 2.05) is 6.92 Å². The van der Waals surface area contributed by atoms with Crippen LogP contribution in [-0.4, -0.2) is 5.78 Å². The first-order chi connectivity index (χ1) is 10.2. The van der Waals surface area contributed by atoms with E-state index < -0.39 is 34.7 Å². The lowest BCUT2D eigenvalue weighted by Crippen LogP contribution is -2.21. The van der Waals surface area contributed by atoms with Gasteiger partial charge in [-0.05, 0) is 30.4 Å². The molecule has 1 aliphatic rings. The average molecular weight is 320 g/mol. The first-order valence-corrected chi connectivity index (χ1v) is 7.30. The molecule has 0 saturated heterocycles. The fourth-order valence-corrected chi connectivity index (χ4v) is 3.07. The lowest BCUT2D eigenvalue weighted by molar-refractivity contribution is -0.142. The molecule has 1 fully saturated rings. The lowest BCUT2D eigenvalue weighted by atomic mass is 9.77. The van der Waals surface area contributed by atoms with Crippen molar-refractivity contribution in [3.8, 4) is 0 Å². The minimum Gasteiger partial charge on any atom is -0.294 e. The molecule has 122 valence electrons. The second kappa shape index (κ2) is 6.34. The summed E-state index contributed by atoms with van der Waals surface area (Å²) >= 11 is 0. The number of benzene rings is 1. The van der Waals surface area contributed by atoms with Gasteiger partial charge in [0, 0.05) is 6.42 Å². The summed E-state index contributed by atoms with van der Waals surface area (Å²) in [6.07, 6.45) is -1.37. The highest BCUT2D eigenvalue weighted by atomic mass is 19.4. The maximum atomic E-state index is 14.0. The van der Waals surface area contributed by atoms with Gasteiger partial charge in [-0.1, -0.05) is 26.2 Å². The van der Waals surface area contributed by atoms with E-state index in [0.717, 1.165) is 31.7 Å². The Morgan fingerprint density at radius 1 is 1.18 bits per heavy atom. The van der Waals surface area contributed by atoms with Crippen molar-refractivity contribution in [3.05, 3.63) is 34.9 Å². The molecule has 2 unspecified atom stereocenters. The number of ketones is 1. The van der Waals surface area contributed by atoms with Crippen molar-refractivity contribution < 1.29 is 26.7 Å². The second-order valence-corrected chi connectivity index (χ2v) is 5.93. The molecular formula is C16H17F5O. The van der Waals surface area contributed by atoms with Crippen LogP contribution in [0.4, 0.5) is 22.0 Å². The molecule has 1 saturated carbocycles. The molecule has 0 N–H and O–H groups in total. The Bertz CT molecular complexity index is 564. The van der Waals surface area contributed by atoms with E-state index in [0.29, 0.717) is 6.07 Å². The molecule has 22 heavy (non-hydrogen) atoms. The van der Waals surface area contributed by atoms with Crippen molar-refractivity contribution in [1.82, 2.24) is 0 Å². The first-order valence-electron chi connectivity index (χ1n) is 7.30. The van der Waals surface area contributed by atoms with Crippen molar-refractivity contribution in [3.63, 3.8) is 0 Å². The lowest BCUT2D eigenvalue weighted by Gasteiger charge is -2.28. The summed E-state index contributed by atoms with van der Waals surface area (Å²) < 4.78 is 65.2. The predicted molar refractivity (Wildman–Crippen MR) is 71.4 cm³/mol. The molecule has 1 aromatic rings. The highest BCUT2D eigenvalue weighted by Gasteiger charge is 2.39. The Kier molecular flexibility index (Phi) is 4.87. The minimum atomic E-state index is -5.16. The summed E-state index contributed by atoms with van der Waals surface area (Å²) in [5.74, 6) is -3.88. The molecule has 0 aromatic heterocycles. The summed E-state index contributed by atoms with van der Waals surface area (Å²) in [4.78, 5) is 12.1. The Hall–Kier alpha value is -1.46. The maximum absolute atomic E-state index is 14.0. The van der Waals surface area contributed by atoms with Crippen molar-refractivity contribution in [2.75, 3.05) is 0 Å². The summed E-state index contributed by atoms with van der Waals surface area (Å²) in [5, 5.41) is 0. The third kappa shape index (κ3) is 3.47. The van der Waals surface area contributed by atoms with Gasteiger partial charge in [0.25, 0.3) is 0 Å². The number of alkyl halides is 3. The van der Waals surface area contributed by atoms with Crippen LogP contribution in [0.5, 0.6) is 0 Å². The normalized spacial score (nSPS) is 22.6. The van der Waals surface area contributed by atoms with Crippen LogP contribution in [0.2, 0.25) is 0 Å². The van der Waals surface area contributed by atoms with E-state index in [1.54, 1.807) is 0 Å². The quantitative estimate of drug-likeness (QED) is 0.539. The standard InChI is InChI=1S/C16H17F5O/c1-9-4-2-3-5-10(9)8-13(22)11-6-7-12(17)14(15(11)18)16(19,20)21/h6-7,9-10H,2-5,8H2,1H3. The number of halogens is 5. The maximum Gasteiger partial charge on any atom is 0.422 e. The van der Waals surface area contributed by atoms with Crippen molar-refractivity contribution >= 4 is 5.78 Å². The zero-order valence-corrected chi connectivity index (χ0v) is 12.1. The number of Topliss-reactive ketones (excluding diaryl/α,β-unsaturated/α-hetero) is 1. The summed E-state index contributed by atoms with van der Waals surface area (Å²) in [6, 6.07) is 1.30. The van der Waals surface area contributed by atoms with Gasteiger partial charge in [0.15, 0.2) is 5.78 Å². The van der Waals surface area contributed by atoms with Gasteiger partial charge < -0.3 is 0 Å². The van der Waals surface area contributed by atoms with Gasteiger partial charge in [-0.15, -0.1) is 0 Å². The van der Waals surface area contributed by atoms with Crippen LogP contribution < -0.4 is 0 Å². The van der Waals surface area contributed by atoms with Gasteiger partial charge in [-0.25, -0.2) is 8.78 Å². The molecule has 0 spiro atoms. The van der Waals surface area contributed by atoms with Crippen LogP contribution >= 0.6 is 0 Å². The second-order valence-electron chi connectivity index (χ2n) is 5.93. The molecule has 0 bridgehead atoms. The Morgan fingerprint density at radius 2 is 1.82 bits per heavy atom. The number of hydrogen-bond donors (Lipinski definition) is 0. The number of carbonyl (C=O) groups is 1. The van der Waals surface area contributed by atoms with E-state index in [9.17, 15) is 26.7 Å². The monoisotopic (exact) mass is 320 g/mol. The molecule has 1 aromatic carbocycles. The number of carbonyl (C=O) groups excluding carboxylic acids is 1. The molecule has 2 rings (SSSR count). The number of rotatable bonds is 3. The van der Waals surface area contributed by atoms with Crippen LogP contribution in [0, 0.1) is 23.5 Å². The predicted octanol–water partition coefficient (Wildman–Crippen LogP) is 5.38. The molecule has 6 heteroatoms. The van der Waals surface area contributed by atoms with Gasteiger partial charge in [0.05, 0.1) is 5.56 Å². The molecule has 0 heterocycles. The Labute approximate surface area is 125 Å². The van der Waals surface area contributed by atoms with Crippen LogP contribution in [0.25, 0.3) is 0 Å². The zero-order chi connectivity index (χ0) is 16.5. The van der Waals surface area contributed by atoms with Crippen molar-refractivity contribution in [2.24, 2.45) is 11.8 Å². The summed E-state index contributed by atoms with van der Waals surface area (Å²) in [6.45, 7) is 1.99. The SMILES string of the molecule is CC1CCCCC1CC(=O)c1ccc(F)c(C(F)(F)F)c1F. The van der Waals surface area contributed by atoms with Gasteiger partial charge in [0.1, 0.15) is 17.2 Å². The van der Waals surface area contributed by atoms with E-state index in [4.69, 9.17) is 0 Å². The minimum absolute atomic E-state index is 0.00101. The molecule has 1 aliphatic carbocycles. The van der Waals surface area contributed by atoms with Crippen LogP contribution in [0.15, 0.2) is 12.1 Å². The molecule has 0 amide bonds. The topological polar surface area (TPSA) is 17.1 Å². The first kappa shape index (κ1) is 16.9. The van der Waals surface area contributed by atoms with E-state index in [1.165, 1.54) is 0 Å². The fourth-order valence-electron chi connectivity index (χ4n) is 3.07. The van der Waals surface area contributed by atoms with Gasteiger partial charge in [0.2, 0.25) is 0 Å². The molecule has 0 aliphatic heterocycles. The molecule has 2 atom stereocenters. The van der Waals surface area contributed by atoms with Crippen LogP contribution in [0.1, 0.15) is 54.9 Å². The summed E-state index contributed by atoms with van der Waals surface area (Å²) in [5.41, 5.74) is -2.67. The number of hydrogen-bond acceptors (Lipinski definition) is 1. The Morgan fingerprint density at radius 3 is 2.41 bits per heavy atom. The van der Waals surface area contributed by atoms with Crippen molar-refractivity contribution in [2.45, 2.75) is 45.2 Å². The van der Waals surface area contributed by atoms with Crippen LogP contribution in [0.3, 0.4) is 0 Å². The average Bonchev–Trinajstić information content (AvgIpc) is 2.39. The van der Waals surface area contributed by atoms with Gasteiger partial charge in [-0.2, -0.15) is 13.2 Å². The Balaban J connectivity index is 2.27. The van der Waals surface area contributed by atoms with Crippen molar-refractivity contribution in [1.29, 1.82) is 0 Å². The van der Waals surface area contributed by atoms with E-state index >= 15 is 0 Å². The smallest absolute Gasteiger partial charge is 0.294 e. The highest BCUT2D eigenvalue weighted by Crippen LogP contribution is 2.36. The van der Waals surface area contributed by atoms with Gasteiger partial charge in [-0.3, -0.25) is 4.79 Å². The summed E-state index contributed by atoms with van der Waals surface area (Å²) in [7, 11) is 0. The van der Waals surface area contributed by atoms with Crippen LogP contribution in [-0.2, 0) is 6.18 Å². The zero-order valence-electron chi connectivity index (χ0n) is 12.1. The molecular weight excluding hydrogens is 303 g/mol. The van der Waals surface area contributed by atoms with E-state index in [-0.39, 0.29) is 18.3 Å². The highest BCUT2D eigenvalue weighted by molar-refractivity contribution is 5.96. The third-order valence-corrected chi connectivity index (χ3v) is 4.41. The van der Waals surface area contributed by atoms with Gasteiger partial charge >= 0.3 is 6.18 Å². The molecule has 1 nitrogen and oxygen atoms in total. The van der Waals surface area contributed by atoms with E-state index in [2.05, 4.69) is 0 Å². The fraction of sp³-hybridized carbons (Fsp3) is 0.562. The third-order valence-electron chi connectivity index (χ3n) is 4.41.